The third kappa shape index (κ3) is 1.44. The van der Waals surface area contributed by atoms with Crippen molar-refractivity contribution >= 4 is 26.8 Å². The fourth-order valence-corrected chi connectivity index (χ4v) is 2.42. The van der Waals surface area contributed by atoms with E-state index in [0.29, 0.717) is 6.54 Å². The van der Waals surface area contributed by atoms with E-state index in [1.54, 1.807) is 7.11 Å². The van der Waals surface area contributed by atoms with Gasteiger partial charge in [-0.2, -0.15) is 0 Å². The zero-order valence-corrected chi connectivity index (χ0v) is 10.3. The second-order valence-electron chi connectivity index (χ2n) is 3.39. The molecular weight excluding hydrogens is 256 g/mol. The minimum atomic E-state index is 0.498. The Morgan fingerprint density at radius 3 is 2.80 bits per heavy atom. The number of halogens is 1. The van der Waals surface area contributed by atoms with Gasteiger partial charge in [0.25, 0.3) is 0 Å². The summed E-state index contributed by atoms with van der Waals surface area (Å²) in [6.07, 6.45) is 0. The Labute approximate surface area is 96.9 Å². The first-order chi connectivity index (χ1) is 7.20. The van der Waals surface area contributed by atoms with Crippen molar-refractivity contribution < 1.29 is 4.74 Å². The molecule has 1 aromatic carbocycles. The molecule has 2 aromatic rings. The van der Waals surface area contributed by atoms with Gasteiger partial charge < -0.3 is 15.0 Å². The van der Waals surface area contributed by atoms with E-state index in [1.165, 1.54) is 0 Å². The number of benzene rings is 1. The summed E-state index contributed by atoms with van der Waals surface area (Å²) in [6.45, 7) is 0.498. The highest BCUT2D eigenvalue weighted by molar-refractivity contribution is 9.10. The molecule has 3 nitrogen and oxygen atoms in total. The van der Waals surface area contributed by atoms with Crippen molar-refractivity contribution in [3.8, 4) is 5.75 Å². The number of hydrogen-bond donors (Lipinski definition) is 1. The predicted octanol–water partition coefficient (Wildman–Crippen LogP) is 2.41. The maximum atomic E-state index is 5.75. The number of methoxy groups -OCH3 is 1. The van der Waals surface area contributed by atoms with Crippen LogP contribution in [0.4, 0.5) is 0 Å². The Kier molecular flexibility index (Phi) is 2.71. The fourth-order valence-electron chi connectivity index (χ4n) is 1.87. The SMILES string of the molecule is COc1cccc2c1c(CN)c(Br)n2C. The summed E-state index contributed by atoms with van der Waals surface area (Å²) in [7, 11) is 3.68. The van der Waals surface area contributed by atoms with E-state index in [1.807, 2.05) is 19.2 Å². The number of nitrogens with zero attached hydrogens (tertiary/aromatic N) is 1. The van der Waals surface area contributed by atoms with Gasteiger partial charge in [0, 0.05) is 24.5 Å². The minimum absolute atomic E-state index is 0.498. The summed E-state index contributed by atoms with van der Waals surface area (Å²) in [5, 5.41) is 1.09. The molecule has 0 aliphatic rings. The Bertz CT molecular complexity index is 505. The van der Waals surface area contributed by atoms with Crippen LogP contribution in [0.3, 0.4) is 0 Å². The van der Waals surface area contributed by atoms with Crippen molar-refractivity contribution in [2.24, 2.45) is 12.8 Å². The molecule has 1 heterocycles. The molecule has 0 saturated carbocycles. The Morgan fingerprint density at radius 1 is 1.47 bits per heavy atom. The lowest BCUT2D eigenvalue weighted by molar-refractivity contribution is 0.419. The van der Waals surface area contributed by atoms with Gasteiger partial charge in [-0.25, -0.2) is 0 Å². The van der Waals surface area contributed by atoms with Gasteiger partial charge in [0.1, 0.15) is 5.75 Å². The van der Waals surface area contributed by atoms with Crippen LogP contribution in [0.25, 0.3) is 10.9 Å². The van der Waals surface area contributed by atoms with Crippen LogP contribution in [0.5, 0.6) is 5.75 Å². The van der Waals surface area contributed by atoms with E-state index in [0.717, 1.165) is 26.8 Å². The molecule has 0 saturated heterocycles. The molecule has 0 fully saturated rings. The molecule has 0 spiro atoms. The molecular formula is C11H13BrN2O. The normalized spacial score (nSPS) is 10.9. The Hall–Kier alpha value is -1.00. The Morgan fingerprint density at radius 2 is 2.20 bits per heavy atom. The van der Waals surface area contributed by atoms with Gasteiger partial charge in [-0.15, -0.1) is 0 Å². The summed E-state index contributed by atoms with van der Waals surface area (Å²) in [5.74, 6) is 0.870. The second-order valence-corrected chi connectivity index (χ2v) is 4.14. The van der Waals surface area contributed by atoms with Gasteiger partial charge in [0.15, 0.2) is 0 Å². The van der Waals surface area contributed by atoms with Crippen LogP contribution in [0.15, 0.2) is 22.8 Å². The summed E-state index contributed by atoms with van der Waals surface area (Å²) in [5.41, 5.74) is 7.97. The molecule has 0 aliphatic heterocycles. The van der Waals surface area contributed by atoms with Crippen molar-refractivity contribution in [1.82, 2.24) is 4.57 Å². The van der Waals surface area contributed by atoms with E-state index in [4.69, 9.17) is 10.5 Å². The Balaban J connectivity index is 2.91. The van der Waals surface area contributed by atoms with Crippen LogP contribution in [0.1, 0.15) is 5.56 Å². The van der Waals surface area contributed by atoms with Crippen LogP contribution in [0, 0.1) is 0 Å². The maximum absolute atomic E-state index is 5.75. The van der Waals surface area contributed by atoms with Crippen LogP contribution in [-0.4, -0.2) is 11.7 Å². The highest BCUT2D eigenvalue weighted by Gasteiger charge is 2.14. The quantitative estimate of drug-likeness (QED) is 0.909. The molecule has 15 heavy (non-hydrogen) atoms. The number of aromatic nitrogens is 1. The van der Waals surface area contributed by atoms with Gasteiger partial charge in [0.2, 0.25) is 0 Å². The van der Waals surface area contributed by atoms with Gasteiger partial charge in [-0.1, -0.05) is 6.07 Å². The summed E-state index contributed by atoms with van der Waals surface area (Å²) >= 11 is 3.54. The molecule has 2 N–H and O–H groups in total. The summed E-state index contributed by atoms with van der Waals surface area (Å²) in [4.78, 5) is 0. The number of fused-ring (bicyclic) bond motifs is 1. The zero-order valence-electron chi connectivity index (χ0n) is 8.75. The minimum Gasteiger partial charge on any atom is -0.496 e. The van der Waals surface area contributed by atoms with E-state index in [9.17, 15) is 0 Å². The van der Waals surface area contributed by atoms with Crippen molar-refractivity contribution in [3.05, 3.63) is 28.4 Å². The molecule has 4 heteroatoms. The van der Waals surface area contributed by atoms with Crippen LogP contribution < -0.4 is 10.5 Å². The zero-order chi connectivity index (χ0) is 11.0. The first-order valence-electron chi connectivity index (χ1n) is 4.70. The van der Waals surface area contributed by atoms with Crippen molar-refractivity contribution in [3.63, 3.8) is 0 Å². The molecule has 2 rings (SSSR count). The molecule has 0 bridgehead atoms. The number of ether oxygens (including phenoxy) is 1. The first-order valence-corrected chi connectivity index (χ1v) is 5.49. The third-order valence-corrected chi connectivity index (χ3v) is 3.65. The number of aryl methyl sites for hydroxylation is 1. The molecule has 0 atom stereocenters. The van der Waals surface area contributed by atoms with Gasteiger partial charge in [0.05, 0.1) is 17.2 Å². The predicted molar refractivity (Wildman–Crippen MR) is 65.1 cm³/mol. The van der Waals surface area contributed by atoms with Crippen molar-refractivity contribution in [2.45, 2.75) is 6.54 Å². The summed E-state index contributed by atoms with van der Waals surface area (Å²) in [6, 6.07) is 5.99. The molecule has 0 radical (unpaired) electrons. The number of nitrogens with two attached hydrogens (primary N) is 1. The standard InChI is InChI=1S/C11H13BrN2O/c1-14-8-4-3-5-9(15-2)10(8)7(6-13)11(14)12/h3-5H,6,13H2,1-2H3. The van der Waals surface area contributed by atoms with Crippen molar-refractivity contribution in [1.29, 1.82) is 0 Å². The highest BCUT2D eigenvalue weighted by atomic mass is 79.9. The molecule has 0 amide bonds. The topological polar surface area (TPSA) is 40.2 Å². The highest BCUT2D eigenvalue weighted by Crippen LogP contribution is 2.35. The average Bonchev–Trinajstić information content (AvgIpc) is 2.52. The average molecular weight is 269 g/mol. The first kappa shape index (κ1) is 10.5. The number of rotatable bonds is 2. The fraction of sp³-hybridized carbons (Fsp3) is 0.273. The van der Waals surface area contributed by atoms with E-state index in [-0.39, 0.29) is 0 Å². The van der Waals surface area contributed by atoms with Crippen LogP contribution >= 0.6 is 15.9 Å². The lowest BCUT2D eigenvalue weighted by atomic mass is 10.1. The monoisotopic (exact) mass is 268 g/mol. The van der Waals surface area contributed by atoms with Crippen LogP contribution in [-0.2, 0) is 13.6 Å². The van der Waals surface area contributed by atoms with E-state index < -0.39 is 0 Å². The van der Waals surface area contributed by atoms with E-state index in [2.05, 4.69) is 26.6 Å². The van der Waals surface area contributed by atoms with Crippen molar-refractivity contribution in [2.75, 3.05) is 7.11 Å². The van der Waals surface area contributed by atoms with Gasteiger partial charge in [-0.3, -0.25) is 0 Å². The van der Waals surface area contributed by atoms with Gasteiger partial charge in [-0.05, 0) is 28.1 Å². The lowest BCUT2D eigenvalue weighted by Crippen LogP contribution is -1.97. The maximum Gasteiger partial charge on any atom is 0.128 e. The lowest BCUT2D eigenvalue weighted by Gasteiger charge is -2.03. The molecule has 0 aliphatic carbocycles. The number of hydrogen-bond acceptors (Lipinski definition) is 2. The summed E-state index contributed by atoms with van der Waals surface area (Å²) < 4.78 is 8.44. The largest absolute Gasteiger partial charge is 0.496 e. The second kappa shape index (κ2) is 3.87. The smallest absolute Gasteiger partial charge is 0.128 e. The third-order valence-electron chi connectivity index (χ3n) is 2.63. The molecule has 1 aromatic heterocycles. The molecule has 0 unspecified atom stereocenters. The van der Waals surface area contributed by atoms with Gasteiger partial charge >= 0.3 is 0 Å². The van der Waals surface area contributed by atoms with Crippen LogP contribution in [0.2, 0.25) is 0 Å². The van der Waals surface area contributed by atoms with E-state index >= 15 is 0 Å². The molecule has 80 valence electrons.